The van der Waals surface area contributed by atoms with E-state index in [4.69, 9.17) is 15.2 Å². The van der Waals surface area contributed by atoms with Gasteiger partial charge in [-0.25, -0.2) is 0 Å². The molecule has 0 saturated heterocycles. The molecule has 4 nitrogen and oxygen atoms in total. The molecule has 0 heterocycles. The summed E-state index contributed by atoms with van der Waals surface area (Å²) in [6.07, 6.45) is 0. The van der Waals surface area contributed by atoms with Crippen LogP contribution in [0.5, 0.6) is 11.5 Å². The van der Waals surface area contributed by atoms with Gasteiger partial charge in [0, 0.05) is 19.6 Å². The van der Waals surface area contributed by atoms with Gasteiger partial charge in [-0.05, 0) is 24.6 Å². The number of methoxy groups -OCH3 is 1. The molecule has 16 heavy (non-hydrogen) atoms. The van der Waals surface area contributed by atoms with Crippen molar-refractivity contribution in [3.8, 4) is 11.5 Å². The Bertz CT molecular complexity index is 316. The topological polar surface area (TPSA) is 56.5 Å². The monoisotopic (exact) mass is 224 g/mol. The summed E-state index contributed by atoms with van der Waals surface area (Å²) in [5.41, 5.74) is 6.57. The molecule has 90 valence electrons. The third-order valence-electron chi connectivity index (χ3n) is 2.18. The standard InChI is InChI=1S/C12H20N2O2/c1-3-16-11-5-4-10(8-12(11)15-2)9-14-7-6-13/h4-5,8,14H,3,6-7,9,13H2,1-2H3. The number of nitrogens with two attached hydrogens (primary N) is 1. The maximum atomic E-state index is 5.44. The van der Waals surface area contributed by atoms with Gasteiger partial charge in [-0.15, -0.1) is 0 Å². The summed E-state index contributed by atoms with van der Waals surface area (Å²) in [5, 5.41) is 3.23. The number of nitrogens with one attached hydrogen (secondary N) is 1. The first-order valence-electron chi connectivity index (χ1n) is 5.52. The molecule has 0 aliphatic heterocycles. The fraction of sp³-hybridized carbons (Fsp3) is 0.500. The highest BCUT2D eigenvalue weighted by atomic mass is 16.5. The SMILES string of the molecule is CCOc1ccc(CNCCN)cc1OC. The van der Waals surface area contributed by atoms with E-state index in [9.17, 15) is 0 Å². The van der Waals surface area contributed by atoms with Crippen molar-refractivity contribution in [3.05, 3.63) is 23.8 Å². The Morgan fingerprint density at radius 3 is 2.75 bits per heavy atom. The predicted molar refractivity (Wildman–Crippen MR) is 64.9 cm³/mol. The molecule has 0 aliphatic rings. The lowest BCUT2D eigenvalue weighted by atomic mass is 10.2. The largest absolute Gasteiger partial charge is 0.493 e. The fourth-order valence-corrected chi connectivity index (χ4v) is 1.43. The highest BCUT2D eigenvalue weighted by molar-refractivity contribution is 5.42. The minimum Gasteiger partial charge on any atom is -0.493 e. The van der Waals surface area contributed by atoms with Gasteiger partial charge in [-0.1, -0.05) is 6.07 Å². The van der Waals surface area contributed by atoms with Crippen LogP contribution in [0.25, 0.3) is 0 Å². The molecule has 0 aliphatic carbocycles. The van der Waals surface area contributed by atoms with Gasteiger partial charge in [-0.2, -0.15) is 0 Å². The van der Waals surface area contributed by atoms with Crippen LogP contribution in [0, 0.1) is 0 Å². The number of hydrogen-bond acceptors (Lipinski definition) is 4. The van der Waals surface area contributed by atoms with Crippen LogP contribution in [0.3, 0.4) is 0 Å². The normalized spacial score (nSPS) is 10.2. The molecular formula is C12H20N2O2. The van der Waals surface area contributed by atoms with E-state index in [1.165, 1.54) is 0 Å². The Kier molecular flexibility index (Phi) is 5.67. The van der Waals surface area contributed by atoms with Crippen LogP contribution in [0.4, 0.5) is 0 Å². The van der Waals surface area contributed by atoms with Crippen LogP contribution in [0.15, 0.2) is 18.2 Å². The zero-order chi connectivity index (χ0) is 11.8. The van der Waals surface area contributed by atoms with Crippen LogP contribution in [0.2, 0.25) is 0 Å². The van der Waals surface area contributed by atoms with Gasteiger partial charge in [0.2, 0.25) is 0 Å². The van der Waals surface area contributed by atoms with E-state index >= 15 is 0 Å². The summed E-state index contributed by atoms with van der Waals surface area (Å²) in [6.45, 7) is 4.85. The first-order chi connectivity index (χ1) is 7.81. The van der Waals surface area contributed by atoms with Crippen molar-refractivity contribution in [1.29, 1.82) is 0 Å². The lowest BCUT2D eigenvalue weighted by Crippen LogP contribution is -2.21. The molecule has 1 aromatic carbocycles. The summed E-state index contributed by atoms with van der Waals surface area (Å²) >= 11 is 0. The van der Waals surface area contributed by atoms with Crippen molar-refractivity contribution in [1.82, 2.24) is 5.32 Å². The molecule has 4 heteroatoms. The number of rotatable bonds is 7. The van der Waals surface area contributed by atoms with Crippen molar-refractivity contribution in [2.24, 2.45) is 5.73 Å². The van der Waals surface area contributed by atoms with Gasteiger partial charge in [0.25, 0.3) is 0 Å². The first-order valence-corrected chi connectivity index (χ1v) is 5.52. The molecule has 0 fully saturated rings. The predicted octanol–water partition coefficient (Wildman–Crippen LogP) is 1.14. The molecule has 0 bridgehead atoms. The number of benzene rings is 1. The van der Waals surface area contributed by atoms with Gasteiger partial charge < -0.3 is 20.5 Å². The molecule has 0 saturated carbocycles. The first kappa shape index (κ1) is 12.8. The second-order valence-corrected chi connectivity index (χ2v) is 3.38. The summed E-state index contributed by atoms with van der Waals surface area (Å²) in [7, 11) is 1.65. The van der Waals surface area contributed by atoms with Gasteiger partial charge in [0.05, 0.1) is 13.7 Å². The molecular weight excluding hydrogens is 204 g/mol. The smallest absolute Gasteiger partial charge is 0.161 e. The van der Waals surface area contributed by atoms with Crippen LogP contribution >= 0.6 is 0 Å². The molecule has 0 spiro atoms. The Hall–Kier alpha value is -1.26. The van der Waals surface area contributed by atoms with Gasteiger partial charge in [-0.3, -0.25) is 0 Å². The summed E-state index contributed by atoms with van der Waals surface area (Å²) in [5.74, 6) is 1.56. The third kappa shape index (κ3) is 3.72. The van der Waals surface area contributed by atoms with E-state index in [2.05, 4.69) is 5.32 Å². The summed E-state index contributed by atoms with van der Waals surface area (Å²) in [6, 6.07) is 5.94. The summed E-state index contributed by atoms with van der Waals surface area (Å²) in [4.78, 5) is 0. The number of ether oxygens (including phenoxy) is 2. The van der Waals surface area contributed by atoms with Crippen LogP contribution in [-0.4, -0.2) is 26.8 Å². The van der Waals surface area contributed by atoms with Crippen LogP contribution < -0.4 is 20.5 Å². The van der Waals surface area contributed by atoms with E-state index < -0.39 is 0 Å². The van der Waals surface area contributed by atoms with E-state index in [-0.39, 0.29) is 0 Å². The average molecular weight is 224 g/mol. The second-order valence-electron chi connectivity index (χ2n) is 3.38. The van der Waals surface area contributed by atoms with E-state index in [0.717, 1.165) is 30.2 Å². The fourth-order valence-electron chi connectivity index (χ4n) is 1.43. The Balaban J connectivity index is 2.66. The molecule has 1 rings (SSSR count). The minimum absolute atomic E-state index is 0.640. The minimum atomic E-state index is 0.640. The number of hydrogen-bond donors (Lipinski definition) is 2. The quantitative estimate of drug-likeness (QED) is 0.682. The zero-order valence-electron chi connectivity index (χ0n) is 9.95. The molecule has 3 N–H and O–H groups in total. The van der Waals surface area contributed by atoms with Gasteiger partial charge in [0.1, 0.15) is 0 Å². The van der Waals surface area contributed by atoms with Crippen LogP contribution in [0.1, 0.15) is 12.5 Å². The van der Waals surface area contributed by atoms with Gasteiger partial charge >= 0.3 is 0 Å². The average Bonchev–Trinajstić information content (AvgIpc) is 2.31. The molecule has 1 aromatic rings. The van der Waals surface area contributed by atoms with E-state index in [1.807, 2.05) is 25.1 Å². The van der Waals surface area contributed by atoms with E-state index in [0.29, 0.717) is 13.2 Å². The maximum Gasteiger partial charge on any atom is 0.161 e. The lowest BCUT2D eigenvalue weighted by Gasteiger charge is -2.11. The molecule has 0 aromatic heterocycles. The third-order valence-corrected chi connectivity index (χ3v) is 2.18. The Morgan fingerprint density at radius 2 is 2.12 bits per heavy atom. The van der Waals surface area contributed by atoms with Crippen molar-refractivity contribution < 1.29 is 9.47 Å². The Labute approximate surface area is 96.7 Å². The van der Waals surface area contributed by atoms with Crippen molar-refractivity contribution in [2.45, 2.75) is 13.5 Å². The molecule has 0 atom stereocenters. The molecule has 0 amide bonds. The van der Waals surface area contributed by atoms with Crippen LogP contribution in [-0.2, 0) is 6.54 Å². The highest BCUT2D eigenvalue weighted by Crippen LogP contribution is 2.27. The summed E-state index contributed by atoms with van der Waals surface area (Å²) < 4.78 is 10.7. The highest BCUT2D eigenvalue weighted by Gasteiger charge is 2.04. The zero-order valence-corrected chi connectivity index (χ0v) is 9.95. The van der Waals surface area contributed by atoms with Gasteiger partial charge in [0.15, 0.2) is 11.5 Å². The lowest BCUT2D eigenvalue weighted by molar-refractivity contribution is 0.310. The van der Waals surface area contributed by atoms with Crippen molar-refractivity contribution in [2.75, 3.05) is 26.8 Å². The van der Waals surface area contributed by atoms with E-state index in [1.54, 1.807) is 7.11 Å². The molecule has 0 unspecified atom stereocenters. The van der Waals surface area contributed by atoms with Crippen molar-refractivity contribution in [3.63, 3.8) is 0 Å². The second kappa shape index (κ2) is 7.09. The maximum absolute atomic E-state index is 5.44. The molecule has 0 radical (unpaired) electrons. The van der Waals surface area contributed by atoms with Crippen molar-refractivity contribution >= 4 is 0 Å². The Morgan fingerprint density at radius 1 is 1.31 bits per heavy atom.